The highest BCUT2D eigenvalue weighted by Crippen LogP contribution is 2.25. The Morgan fingerprint density at radius 1 is 1.14 bits per heavy atom. The van der Waals surface area contributed by atoms with Gasteiger partial charge in [-0.3, -0.25) is 0 Å². The van der Waals surface area contributed by atoms with Gasteiger partial charge in [-0.2, -0.15) is 0 Å². The van der Waals surface area contributed by atoms with Gasteiger partial charge in [-0.05, 0) is 38.8 Å². The summed E-state index contributed by atoms with van der Waals surface area (Å²) in [5.74, 6) is 0.804. The molecule has 4 heteroatoms. The van der Waals surface area contributed by atoms with E-state index in [1.165, 1.54) is 16.7 Å². The predicted octanol–water partition coefficient (Wildman–Crippen LogP) is 2.61. The van der Waals surface area contributed by atoms with Crippen LogP contribution in [0.15, 0.2) is 24.3 Å². The number of hydrogen-bond acceptors (Lipinski definition) is 4. The Kier molecular flexibility index (Phi) is 3.64. The third kappa shape index (κ3) is 2.90. The molecule has 2 N–H and O–H groups in total. The van der Waals surface area contributed by atoms with Crippen molar-refractivity contribution in [3.8, 4) is 11.3 Å². The van der Waals surface area contributed by atoms with Gasteiger partial charge in [-0.15, -0.1) is 0 Å². The molecule has 2 heterocycles. The second kappa shape index (κ2) is 5.45. The summed E-state index contributed by atoms with van der Waals surface area (Å²) in [6.07, 6.45) is 1.01. The van der Waals surface area contributed by atoms with Gasteiger partial charge in [0.1, 0.15) is 0 Å². The van der Waals surface area contributed by atoms with Gasteiger partial charge in [0.2, 0.25) is 5.95 Å². The Balaban J connectivity index is 2.01. The second-order valence-electron chi connectivity index (χ2n) is 6.01. The highest BCUT2D eigenvalue weighted by molar-refractivity contribution is 5.65. The summed E-state index contributed by atoms with van der Waals surface area (Å²) in [5, 5.41) is 0. The number of benzene rings is 1. The number of hydrogen-bond donors (Lipinski definition) is 1. The standard InChI is InChI=1S/C17H22N4/c1-11-4-5-15(12(2)8-11)16-9-13(3)19-17(20-16)21-7-6-14(18)10-21/h4-5,8-9,14H,6-7,10,18H2,1-3H3. The van der Waals surface area contributed by atoms with Crippen molar-refractivity contribution in [3.63, 3.8) is 0 Å². The van der Waals surface area contributed by atoms with Crippen LogP contribution in [0.2, 0.25) is 0 Å². The van der Waals surface area contributed by atoms with Crippen molar-refractivity contribution in [1.29, 1.82) is 0 Å². The fraction of sp³-hybridized carbons (Fsp3) is 0.412. The van der Waals surface area contributed by atoms with E-state index in [-0.39, 0.29) is 6.04 Å². The molecule has 1 aliphatic rings. The number of anilines is 1. The molecule has 0 amide bonds. The molecule has 4 nitrogen and oxygen atoms in total. The molecule has 0 radical (unpaired) electrons. The molecule has 1 fully saturated rings. The minimum Gasteiger partial charge on any atom is -0.339 e. The maximum atomic E-state index is 5.99. The number of aromatic nitrogens is 2. The first-order valence-electron chi connectivity index (χ1n) is 7.47. The summed E-state index contributed by atoms with van der Waals surface area (Å²) in [6, 6.07) is 8.76. The zero-order valence-corrected chi connectivity index (χ0v) is 12.9. The minimum atomic E-state index is 0.235. The van der Waals surface area contributed by atoms with E-state index in [4.69, 9.17) is 10.7 Å². The normalized spacial score (nSPS) is 18.3. The maximum Gasteiger partial charge on any atom is 0.226 e. The summed E-state index contributed by atoms with van der Waals surface area (Å²) in [4.78, 5) is 11.5. The van der Waals surface area contributed by atoms with E-state index in [0.717, 1.165) is 36.8 Å². The summed E-state index contributed by atoms with van der Waals surface area (Å²) in [7, 11) is 0. The van der Waals surface area contributed by atoms with Gasteiger partial charge in [0.25, 0.3) is 0 Å². The van der Waals surface area contributed by atoms with Gasteiger partial charge in [0, 0.05) is 30.4 Å². The van der Waals surface area contributed by atoms with Crippen LogP contribution in [0.3, 0.4) is 0 Å². The van der Waals surface area contributed by atoms with Gasteiger partial charge in [-0.25, -0.2) is 9.97 Å². The highest BCUT2D eigenvalue weighted by Gasteiger charge is 2.22. The molecule has 3 rings (SSSR count). The van der Waals surface area contributed by atoms with E-state index in [1.807, 2.05) is 6.92 Å². The van der Waals surface area contributed by atoms with Crippen LogP contribution in [-0.4, -0.2) is 29.1 Å². The van der Waals surface area contributed by atoms with Crippen molar-refractivity contribution >= 4 is 5.95 Å². The van der Waals surface area contributed by atoms with E-state index in [9.17, 15) is 0 Å². The molecule has 1 aromatic carbocycles. The van der Waals surface area contributed by atoms with Crippen LogP contribution >= 0.6 is 0 Å². The molecule has 1 atom stereocenters. The highest BCUT2D eigenvalue weighted by atomic mass is 15.3. The van der Waals surface area contributed by atoms with E-state index in [1.54, 1.807) is 0 Å². The lowest BCUT2D eigenvalue weighted by atomic mass is 10.0. The van der Waals surface area contributed by atoms with Crippen LogP contribution in [0.25, 0.3) is 11.3 Å². The topological polar surface area (TPSA) is 55.0 Å². The Hall–Kier alpha value is -1.94. The Labute approximate surface area is 126 Å². The van der Waals surface area contributed by atoms with Crippen molar-refractivity contribution in [1.82, 2.24) is 9.97 Å². The van der Waals surface area contributed by atoms with Crippen LogP contribution in [0.5, 0.6) is 0 Å². The first kappa shape index (κ1) is 14.0. The van der Waals surface area contributed by atoms with Crippen LogP contribution in [0, 0.1) is 20.8 Å². The lowest BCUT2D eigenvalue weighted by Gasteiger charge is -2.17. The fourth-order valence-corrected chi connectivity index (χ4v) is 2.90. The lowest BCUT2D eigenvalue weighted by Crippen LogP contribution is -2.27. The van der Waals surface area contributed by atoms with Crippen molar-refractivity contribution < 1.29 is 0 Å². The largest absolute Gasteiger partial charge is 0.339 e. The van der Waals surface area contributed by atoms with Gasteiger partial charge in [0.05, 0.1) is 5.69 Å². The molecule has 0 aliphatic carbocycles. The van der Waals surface area contributed by atoms with Crippen molar-refractivity contribution in [3.05, 3.63) is 41.1 Å². The molecule has 1 unspecified atom stereocenters. The Morgan fingerprint density at radius 3 is 2.62 bits per heavy atom. The first-order valence-corrected chi connectivity index (χ1v) is 7.47. The number of rotatable bonds is 2. The zero-order chi connectivity index (χ0) is 15.0. The molecule has 1 aromatic heterocycles. The monoisotopic (exact) mass is 282 g/mol. The quantitative estimate of drug-likeness (QED) is 0.920. The summed E-state index contributed by atoms with van der Waals surface area (Å²) >= 11 is 0. The zero-order valence-electron chi connectivity index (χ0n) is 12.9. The first-order chi connectivity index (χ1) is 10.0. The predicted molar refractivity (Wildman–Crippen MR) is 86.5 cm³/mol. The summed E-state index contributed by atoms with van der Waals surface area (Å²) < 4.78 is 0. The van der Waals surface area contributed by atoms with Crippen molar-refractivity contribution in [2.75, 3.05) is 18.0 Å². The SMILES string of the molecule is Cc1ccc(-c2cc(C)nc(N3CCC(N)C3)n2)c(C)c1. The Bertz CT molecular complexity index is 666. The van der Waals surface area contributed by atoms with Crippen molar-refractivity contribution in [2.24, 2.45) is 5.73 Å². The molecule has 1 aliphatic heterocycles. The average molecular weight is 282 g/mol. The molecule has 0 bridgehead atoms. The summed E-state index contributed by atoms with van der Waals surface area (Å²) in [5.41, 5.74) is 11.7. The third-order valence-corrected chi connectivity index (χ3v) is 4.01. The van der Waals surface area contributed by atoms with Crippen LogP contribution in [0.4, 0.5) is 5.95 Å². The number of aryl methyl sites for hydroxylation is 3. The number of nitrogens with two attached hydrogens (primary N) is 1. The Morgan fingerprint density at radius 2 is 1.95 bits per heavy atom. The third-order valence-electron chi connectivity index (χ3n) is 4.01. The minimum absolute atomic E-state index is 0.235. The molecule has 1 saturated heterocycles. The van der Waals surface area contributed by atoms with Gasteiger partial charge >= 0.3 is 0 Å². The molecular formula is C17H22N4. The van der Waals surface area contributed by atoms with Crippen molar-refractivity contribution in [2.45, 2.75) is 33.2 Å². The average Bonchev–Trinajstić information content (AvgIpc) is 2.84. The molecule has 0 spiro atoms. The van der Waals surface area contributed by atoms with Crippen LogP contribution < -0.4 is 10.6 Å². The van der Waals surface area contributed by atoms with E-state index < -0.39 is 0 Å². The second-order valence-corrected chi connectivity index (χ2v) is 6.01. The van der Waals surface area contributed by atoms with E-state index in [0.29, 0.717) is 0 Å². The maximum absolute atomic E-state index is 5.99. The molecular weight excluding hydrogens is 260 g/mol. The smallest absolute Gasteiger partial charge is 0.226 e. The van der Waals surface area contributed by atoms with Crippen LogP contribution in [-0.2, 0) is 0 Å². The molecule has 21 heavy (non-hydrogen) atoms. The summed E-state index contributed by atoms with van der Waals surface area (Å²) in [6.45, 7) is 8.05. The van der Waals surface area contributed by atoms with E-state index >= 15 is 0 Å². The molecule has 110 valence electrons. The van der Waals surface area contributed by atoms with E-state index in [2.05, 4.69) is 48.0 Å². The van der Waals surface area contributed by atoms with Gasteiger partial charge in [-0.1, -0.05) is 23.8 Å². The lowest BCUT2D eigenvalue weighted by molar-refractivity contribution is 0.750. The number of nitrogens with zero attached hydrogens (tertiary/aromatic N) is 3. The van der Waals surface area contributed by atoms with Gasteiger partial charge < -0.3 is 10.6 Å². The molecule has 0 saturated carbocycles. The van der Waals surface area contributed by atoms with Gasteiger partial charge in [0.15, 0.2) is 0 Å². The fourth-order valence-electron chi connectivity index (χ4n) is 2.90. The molecule has 2 aromatic rings. The van der Waals surface area contributed by atoms with Crippen LogP contribution in [0.1, 0.15) is 23.2 Å².